The molecule has 0 aromatic heterocycles. The molecule has 1 saturated heterocycles. The maximum atomic E-state index is 5.40. The van der Waals surface area contributed by atoms with E-state index in [9.17, 15) is 0 Å². The first-order valence-corrected chi connectivity index (χ1v) is 8.87. The smallest absolute Gasteiger partial charge is 0.118 e. The van der Waals surface area contributed by atoms with Crippen LogP contribution in [0.15, 0.2) is 11.0 Å². The van der Waals surface area contributed by atoms with Gasteiger partial charge in [0.15, 0.2) is 0 Å². The van der Waals surface area contributed by atoms with Gasteiger partial charge in [0.25, 0.3) is 0 Å². The van der Waals surface area contributed by atoms with Crippen LogP contribution < -0.4 is 0 Å². The quantitative estimate of drug-likeness (QED) is 0.399. The molecule has 0 N–H and O–H groups in total. The highest BCUT2D eigenvalue weighted by atomic mass is 127. The Hall–Kier alpha value is 1.15. The molecule has 0 radical (unpaired) electrons. The lowest BCUT2D eigenvalue weighted by atomic mass is 10.0. The number of rotatable bonds is 1. The summed E-state index contributed by atoms with van der Waals surface area (Å²) < 4.78 is 1.98. The average Bonchev–Trinajstić information content (AvgIpc) is 2.53. The van der Waals surface area contributed by atoms with Gasteiger partial charge in [-0.3, -0.25) is 4.31 Å². The van der Waals surface area contributed by atoms with Crippen molar-refractivity contribution in [3.05, 3.63) is 11.0 Å². The zero-order valence-electron chi connectivity index (χ0n) is 6.53. The predicted molar refractivity (Wildman–Crippen MR) is 77.3 cm³/mol. The van der Waals surface area contributed by atoms with Crippen LogP contribution in [0.3, 0.4) is 0 Å². The molecule has 1 fully saturated rings. The van der Waals surface area contributed by atoms with Gasteiger partial charge < -0.3 is 0 Å². The zero-order chi connectivity index (χ0) is 9.42. The first-order chi connectivity index (χ1) is 6.24. The van der Waals surface area contributed by atoms with E-state index in [0.717, 1.165) is 9.98 Å². The summed E-state index contributed by atoms with van der Waals surface area (Å²) in [5.74, 6) is 1.65. The topological polar surface area (TPSA) is 3.24 Å². The van der Waals surface area contributed by atoms with Gasteiger partial charge in [0, 0.05) is 36.2 Å². The third kappa shape index (κ3) is 1.92. The summed E-state index contributed by atoms with van der Waals surface area (Å²) >= 11 is 14.8. The fourth-order valence-electron chi connectivity index (χ4n) is 1.42. The van der Waals surface area contributed by atoms with Crippen LogP contribution in [0.4, 0.5) is 0 Å². The molecule has 1 nitrogen and oxygen atoms in total. The molecule has 0 aliphatic carbocycles. The monoisotopic (exact) mass is 359 g/mol. The summed E-state index contributed by atoms with van der Waals surface area (Å²) in [6.45, 7) is 0. The Morgan fingerprint density at radius 3 is 3.08 bits per heavy atom. The van der Waals surface area contributed by atoms with Crippen molar-refractivity contribution in [1.82, 2.24) is 4.31 Å². The van der Waals surface area contributed by atoms with Crippen LogP contribution in [0.25, 0.3) is 0 Å². The Balaban J connectivity index is 2.33. The van der Waals surface area contributed by atoms with Gasteiger partial charge in [-0.05, 0) is 23.2 Å². The third-order valence-corrected chi connectivity index (χ3v) is 5.94. The fraction of sp³-hybridized carbons (Fsp3) is 0.429. The molecule has 0 amide bonds. The van der Waals surface area contributed by atoms with E-state index in [1.54, 1.807) is 9.12 Å². The number of fused-ring (bicyclic) bond motifs is 1. The predicted octanol–water partition coefficient (Wildman–Crippen LogP) is 3.59. The number of thioether (sulfide) groups is 1. The highest BCUT2D eigenvalue weighted by Crippen LogP contribution is 2.42. The summed E-state index contributed by atoms with van der Waals surface area (Å²) in [6.07, 6.45) is 3.27. The van der Waals surface area contributed by atoms with E-state index >= 15 is 0 Å². The van der Waals surface area contributed by atoms with Gasteiger partial charge in [-0.2, -0.15) is 0 Å². The Labute approximate surface area is 109 Å². The molecule has 13 heavy (non-hydrogen) atoms. The van der Waals surface area contributed by atoms with Gasteiger partial charge in [0.2, 0.25) is 0 Å². The third-order valence-electron chi connectivity index (χ3n) is 2.05. The molecule has 6 heteroatoms. The van der Waals surface area contributed by atoms with Crippen molar-refractivity contribution < 1.29 is 0 Å². The first kappa shape index (κ1) is 10.7. The Bertz CT molecular complexity index is 301. The van der Waals surface area contributed by atoms with E-state index < -0.39 is 0 Å². The summed E-state index contributed by atoms with van der Waals surface area (Å²) in [6, 6.07) is 0. The second-order valence-corrected chi connectivity index (χ2v) is 6.47. The van der Waals surface area contributed by atoms with Gasteiger partial charge in [-0.1, -0.05) is 24.4 Å². The van der Waals surface area contributed by atoms with Crippen molar-refractivity contribution in [2.75, 3.05) is 5.75 Å². The molecule has 0 aromatic rings. The second kappa shape index (κ2) is 4.34. The van der Waals surface area contributed by atoms with Gasteiger partial charge in [0.05, 0.1) is 0 Å². The highest BCUT2D eigenvalue weighted by Gasteiger charge is 2.34. The molecule has 2 rings (SSSR count). The summed E-state index contributed by atoms with van der Waals surface area (Å²) in [5, 5.41) is 0. The Morgan fingerprint density at radius 2 is 2.38 bits per heavy atom. The van der Waals surface area contributed by atoms with Crippen molar-refractivity contribution in [3.8, 4) is 0 Å². The number of hydrogen-bond donors (Lipinski definition) is 0. The van der Waals surface area contributed by atoms with Crippen LogP contribution >= 0.6 is 66.5 Å². The van der Waals surface area contributed by atoms with Crippen LogP contribution in [0.1, 0.15) is 6.42 Å². The van der Waals surface area contributed by atoms with Crippen molar-refractivity contribution in [1.29, 1.82) is 0 Å². The van der Waals surface area contributed by atoms with Gasteiger partial charge in [-0.15, -0.1) is 11.8 Å². The van der Waals surface area contributed by atoms with Crippen molar-refractivity contribution in [3.63, 3.8) is 0 Å². The van der Waals surface area contributed by atoms with Crippen LogP contribution in [0.5, 0.6) is 0 Å². The number of nitrogens with zero attached hydrogens (tertiary/aromatic N) is 1. The molecule has 0 bridgehead atoms. The highest BCUT2D eigenvalue weighted by molar-refractivity contribution is 14.2. The molecule has 0 spiro atoms. The van der Waals surface area contributed by atoms with Crippen LogP contribution in [-0.2, 0) is 0 Å². The molecule has 1 unspecified atom stereocenters. The average molecular weight is 359 g/mol. The van der Waals surface area contributed by atoms with Crippen LogP contribution in [0.2, 0.25) is 0 Å². The number of thiocarbonyl (C=S) groups is 2. The first-order valence-electron chi connectivity index (χ1n) is 3.75. The second-order valence-electron chi connectivity index (χ2n) is 2.78. The molecule has 70 valence electrons. The normalized spacial score (nSPS) is 27.6. The van der Waals surface area contributed by atoms with Crippen LogP contribution in [-0.4, -0.2) is 20.0 Å². The lowest BCUT2D eigenvalue weighted by molar-refractivity contribution is 0.787. The van der Waals surface area contributed by atoms with E-state index in [1.165, 1.54) is 17.1 Å². The summed E-state index contributed by atoms with van der Waals surface area (Å²) in [7, 11) is 1.58. The van der Waals surface area contributed by atoms with Gasteiger partial charge >= 0.3 is 0 Å². The van der Waals surface area contributed by atoms with Crippen molar-refractivity contribution in [2.45, 2.75) is 6.42 Å². The largest absolute Gasteiger partial charge is 0.259 e. The van der Waals surface area contributed by atoms with E-state index in [0.29, 0.717) is 5.92 Å². The SMILES string of the molecule is S=C1C=C2SCCC2C(=S)N1SI. The van der Waals surface area contributed by atoms with E-state index in [1.807, 2.05) is 16.1 Å². The van der Waals surface area contributed by atoms with E-state index in [4.69, 9.17) is 24.4 Å². The minimum absolute atomic E-state index is 0.467. The summed E-state index contributed by atoms with van der Waals surface area (Å²) in [4.78, 5) is 3.22. The maximum Gasteiger partial charge on any atom is 0.118 e. The molecular weight excluding hydrogens is 353 g/mol. The van der Waals surface area contributed by atoms with E-state index in [2.05, 4.69) is 27.3 Å². The lowest BCUT2D eigenvalue weighted by Gasteiger charge is -2.28. The van der Waals surface area contributed by atoms with Gasteiger partial charge in [-0.25, -0.2) is 0 Å². The lowest BCUT2D eigenvalue weighted by Crippen LogP contribution is -2.35. The maximum absolute atomic E-state index is 5.40. The zero-order valence-corrected chi connectivity index (χ0v) is 12.0. The molecule has 1 atom stereocenters. The Morgan fingerprint density at radius 1 is 1.62 bits per heavy atom. The molecule has 0 aromatic carbocycles. The minimum atomic E-state index is 0.467. The van der Waals surface area contributed by atoms with Crippen molar-refractivity contribution >= 4 is 76.5 Å². The van der Waals surface area contributed by atoms with E-state index in [-0.39, 0.29) is 0 Å². The Kier molecular flexibility index (Phi) is 3.56. The standard InChI is InChI=1S/C7H6INS4/c8-13-9-6(10)3-5-4(7(9)11)1-2-12-5/h3-4H,1-2H2. The number of halogens is 1. The molecule has 0 saturated carbocycles. The van der Waals surface area contributed by atoms with Crippen LogP contribution in [0, 0.1) is 5.92 Å². The van der Waals surface area contributed by atoms with Crippen molar-refractivity contribution in [2.24, 2.45) is 5.92 Å². The summed E-state index contributed by atoms with van der Waals surface area (Å²) in [5.41, 5.74) is 0. The molecular formula is C7H6INS4. The minimum Gasteiger partial charge on any atom is -0.259 e. The molecule has 2 aliphatic rings. The molecule has 2 heterocycles. The van der Waals surface area contributed by atoms with Gasteiger partial charge in [0.1, 0.15) is 9.98 Å². The fourth-order valence-corrected chi connectivity index (χ4v) is 6.03. The molecule has 2 aliphatic heterocycles. The number of hydrogen-bond acceptors (Lipinski definition) is 4.